The van der Waals surface area contributed by atoms with Crippen molar-refractivity contribution in [2.45, 2.75) is 25.8 Å². The average molecular weight is 247 g/mol. The lowest BCUT2D eigenvalue weighted by Gasteiger charge is -2.09. The molecule has 3 N–H and O–H groups in total. The van der Waals surface area contributed by atoms with E-state index in [2.05, 4.69) is 15.3 Å². The minimum atomic E-state index is -0.201. The number of nitrogens with zero attached hydrogens (tertiary/aromatic N) is 1. The van der Waals surface area contributed by atoms with Gasteiger partial charge in [-0.25, -0.2) is 4.98 Å². The molecule has 1 aromatic heterocycles. The Morgan fingerprint density at radius 3 is 3.00 bits per heavy atom. The molecule has 96 valence electrons. The number of para-hydroxylation sites is 2. The minimum Gasteiger partial charge on any atom is -0.394 e. The Balaban J connectivity index is 1.92. The fraction of sp³-hybridized carbons (Fsp3) is 0.385. The fourth-order valence-corrected chi connectivity index (χ4v) is 1.75. The third-order valence-corrected chi connectivity index (χ3v) is 2.71. The molecule has 1 atom stereocenters. The van der Waals surface area contributed by atoms with Crippen molar-refractivity contribution < 1.29 is 9.90 Å². The highest BCUT2D eigenvalue weighted by atomic mass is 16.3. The minimum absolute atomic E-state index is 0.0453. The van der Waals surface area contributed by atoms with Crippen molar-refractivity contribution in [3.05, 3.63) is 30.1 Å². The molecule has 2 aromatic rings. The van der Waals surface area contributed by atoms with E-state index in [1.807, 2.05) is 24.3 Å². The fourth-order valence-electron chi connectivity index (χ4n) is 1.75. The average Bonchev–Trinajstić information content (AvgIpc) is 2.79. The van der Waals surface area contributed by atoms with Crippen molar-refractivity contribution >= 4 is 16.9 Å². The normalized spacial score (nSPS) is 12.6. The maximum atomic E-state index is 11.5. The molecule has 0 fully saturated rings. The first kappa shape index (κ1) is 12.6. The van der Waals surface area contributed by atoms with Gasteiger partial charge in [0.1, 0.15) is 5.82 Å². The summed E-state index contributed by atoms with van der Waals surface area (Å²) < 4.78 is 0. The number of aliphatic hydroxyl groups excluding tert-OH is 1. The number of hydrogen-bond donors (Lipinski definition) is 3. The Kier molecular flexibility index (Phi) is 3.94. The predicted molar refractivity (Wildman–Crippen MR) is 69.1 cm³/mol. The van der Waals surface area contributed by atoms with E-state index in [1.54, 1.807) is 6.92 Å². The summed E-state index contributed by atoms with van der Waals surface area (Å²) in [7, 11) is 0. The summed E-state index contributed by atoms with van der Waals surface area (Å²) in [4.78, 5) is 19.1. The second-order valence-electron chi connectivity index (χ2n) is 4.35. The quantitative estimate of drug-likeness (QED) is 0.737. The van der Waals surface area contributed by atoms with Gasteiger partial charge in [-0.2, -0.15) is 0 Å². The summed E-state index contributed by atoms with van der Waals surface area (Å²) >= 11 is 0. The number of H-pyrrole nitrogens is 1. The van der Waals surface area contributed by atoms with Crippen LogP contribution in [-0.4, -0.2) is 33.6 Å². The lowest BCUT2D eigenvalue weighted by molar-refractivity contribution is -0.121. The number of fused-ring (bicyclic) bond motifs is 1. The lowest BCUT2D eigenvalue weighted by Crippen LogP contribution is -2.35. The Bertz CT molecular complexity index is 503. The van der Waals surface area contributed by atoms with Gasteiger partial charge in [-0.05, 0) is 19.1 Å². The highest BCUT2D eigenvalue weighted by molar-refractivity contribution is 5.77. The predicted octanol–water partition coefficient (Wildman–Crippen LogP) is 0.992. The van der Waals surface area contributed by atoms with Gasteiger partial charge in [0.2, 0.25) is 5.91 Å². The monoisotopic (exact) mass is 247 g/mol. The van der Waals surface area contributed by atoms with Crippen LogP contribution in [0.4, 0.5) is 0 Å². The summed E-state index contributed by atoms with van der Waals surface area (Å²) in [6.07, 6.45) is 0.933. The van der Waals surface area contributed by atoms with Crippen molar-refractivity contribution in [3.63, 3.8) is 0 Å². The van der Waals surface area contributed by atoms with Crippen LogP contribution in [0.3, 0.4) is 0 Å². The number of rotatable bonds is 5. The number of carbonyl (C=O) groups is 1. The standard InChI is InChI=1S/C13H17N3O2/c1-9(8-17)14-13(18)7-6-12-15-10-4-2-3-5-11(10)16-12/h2-5,9,17H,6-8H2,1H3,(H,14,18)(H,15,16). The molecule has 0 radical (unpaired) electrons. The lowest BCUT2D eigenvalue weighted by atomic mass is 10.2. The molecule has 0 spiro atoms. The largest absolute Gasteiger partial charge is 0.394 e. The summed E-state index contributed by atoms with van der Waals surface area (Å²) in [5.74, 6) is 0.736. The Morgan fingerprint density at radius 2 is 2.28 bits per heavy atom. The molecular weight excluding hydrogens is 230 g/mol. The molecule has 18 heavy (non-hydrogen) atoms. The molecule has 1 heterocycles. The highest BCUT2D eigenvalue weighted by Gasteiger charge is 2.08. The van der Waals surface area contributed by atoms with Crippen LogP contribution in [-0.2, 0) is 11.2 Å². The zero-order chi connectivity index (χ0) is 13.0. The van der Waals surface area contributed by atoms with Crippen LogP contribution in [0.15, 0.2) is 24.3 Å². The van der Waals surface area contributed by atoms with Gasteiger partial charge in [-0.1, -0.05) is 12.1 Å². The highest BCUT2D eigenvalue weighted by Crippen LogP contribution is 2.11. The van der Waals surface area contributed by atoms with Crippen LogP contribution >= 0.6 is 0 Å². The molecule has 0 saturated heterocycles. The van der Waals surface area contributed by atoms with Crippen molar-refractivity contribution in [1.82, 2.24) is 15.3 Å². The molecule has 0 bridgehead atoms. The number of benzene rings is 1. The van der Waals surface area contributed by atoms with E-state index in [9.17, 15) is 4.79 Å². The van der Waals surface area contributed by atoms with Crippen LogP contribution < -0.4 is 5.32 Å². The van der Waals surface area contributed by atoms with Crippen molar-refractivity contribution in [3.8, 4) is 0 Å². The van der Waals surface area contributed by atoms with Gasteiger partial charge < -0.3 is 15.4 Å². The topological polar surface area (TPSA) is 78.0 Å². The van der Waals surface area contributed by atoms with Crippen LogP contribution in [0.1, 0.15) is 19.2 Å². The van der Waals surface area contributed by atoms with Gasteiger partial charge in [0.15, 0.2) is 0 Å². The first-order valence-corrected chi connectivity index (χ1v) is 6.03. The number of nitrogens with one attached hydrogen (secondary N) is 2. The molecule has 0 aliphatic heterocycles. The van der Waals surface area contributed by atoms with Gasteiger partial charge in [-0.3, -0.25) is 4.79 Å². The maximum Gasteiger partial charge on any atom is 0.220 e. The summed E-state index contributed by atoms with van der Waals surface area (Å²) in [5.41, 5.74) is 1.90. The van der Waals surface area contributed by atoms with Gasteiger partial charge in [0.05, 0.1) is 17.6 Å². The van der Waals surface area contributed by atoms with Gasteiger partial charge in [0.25, 0.3) is 0 Å². The molecule has 1 unspecified atom stereocenters. The van der Waals surface area contributed by atoms with E-state index < -0.39 is 0 Å². The zero-order valence-electron chi connectivity index (χ0n) is 10.3. The smallest absolute Gasteiger partial charge is 0.220 e. The van der Waals surface area contributed by atoms with Crippen LogP contribution in [0.25, 0.3) is 11.0 Å². The number of aromatic nitrogens is 2. The third-order valence-electron chi connectivity index (χ3n) is 2.71. The van der Waals surface area contributed by atoms with E-state index >= 15 is 0 Å². The molecular formula is C13H17N3O2. The van der Waals surface area contributed by atoms with Crippen LogP contribution in [0.2, 0.25) is 0 Å². The number of carbonyl (C=O) groups excluding carboxylic acids is 1. The molecule has 1 amide bonds. The van der Waals surface area contributed by atoms with Gasteiger partial charge in [-0.15, -0.1) is 0 Å². The Hall–Kier alpha value is -1.88. The van der Waals surface area contributed by atoms with Crippen molar-refractivity contribution in [1.29, 1.82) is 0 Å². The summed E-state index contributed by atoms with van der Waals surface area (Å²) in [6, 6.07) is 7.57. The zero-order valence-corrected chi connectivity index (χ0v) is 10.3. The van der Waals surface area contributed by atoms with E-state index in [0.717, 1.165) is 16.9 Å². The van der Waals surface area contributed by atoms with E-state index in [1.165, 1.54) is 0 Å². The third kappa shape index (κ3) is 3.07. The Morgan fingerprint density at radius 1 is 1.50 bits per heavy atom. The SMILES string of the molecule is CC(CO)NC(=O)CCc1nc2ccccc2[nH]1. The number of imidazole rings is 1. The molecule has 2 rings (SSSR count). The maximum absolute atomic E-state index is 11.5. The number of amides is 1. The molecule has 0 aliphatic rings. The number of hydrogen-bond acceptors (Lipinski definition) is 3. The molecule has 5 heteroatoms. The van der Waals surface area contributed by atoms with Crippen LogP contribution in [0, 0.1) is 0 Å². The molecule has 0 aliphatic carbocycles. The van der Waals surface area contributed by atoms with E-state index in [-0.39, 0.29) is 18.6 Å². The van der Waals surface area contributed by atoms with Crippen molar-refractivity contribution in [2.24, 2.45) is 0 Å². The first-order valence-electron chi connectivity index (χ1n) is 6.03. The number of aryl methyl sites for hydroxylation is 1. The first-order chi connectivity index (χ1) is 8.69. The van der Waals surface area contributed by atoms with Crippen molar-refractivity contribution in [2.75, 3.05) is 6.61 Å². The number of aliphatic hydroxyl groups is 1. The number of aromatic amines is 1. The van der Waals surface area contributed by atoms with Crippen LogP contribution in [0.5, 0.6) is 0 Å². The second kappa shape index (κ2) is 5.64. The summed E-state index contributed by atoms with van der Waals surface area (Å²) in [6.45, 7) is 1.72. The van der Waals surface area contributed by atoms with Gasteiger partial charge in [0, 0.05) is 18.9 Å². The summed E-state index contributed by atoms with van der Waals surface area (Å²) in [5, 5.41) is 11.5. The van der Waals surface area contributed by atoms with E-state index in [4.69, 9.17) is 5.11 Å². The Labute approximate surface area is 105 Å². The molecule has 5 nitrogen and oxygen atoms in total. The van der Waals surface area contributed by atoms with Gasteiger partial charge >= 0.3 is 0 Å². The second-order valence-corrected chi connectivity index (χ2v) is 4.35. The molecule has 1 aromatic carbocycles. The van der Waals surface area contributed by atoms with E-state index in [0.29, 0.717) is 12.8 Å². The molecule has 0 saturated carbocycles.